The van der Waals surface area contributed by atoms with Crippen LogP contribution in [-0.2, 0) is 0 Å². The zero-order valence-corrected chi connectivity index (χ0v) is 9.08. The first kappa shape index (κ1) is 13.4. The number of nitrogens with two attached hydrogens (primary N) is 1. The van der Waals surface area contributed by atoms with Crippen LogP contribution < -0.4 is 15.8 Å². The Kier molecular flexibility index (Phi) is 4.06. The molecule has 4 N–H and O–H groups in total. The van der Waals surface area contributed by atoms with E-state index < -0.39 is 18.8 Å². The van der Waals surface area contributed by atoms with Gasteiger partial charge in [-0.2, -0.15) is 13.2 Å². The molecule has 0 heterocycles. The maximum atomic E-state index is 12.0. The highest BCUT2D eigenvalue weighted by Crippen LogP contribution is 2.26. The molecule has 0 saturated carbocycles. The first-order chi connectivity index (χ1) is 7.84. The number of aliphatic hydroxyl groups excluding tert-OH is 1. The quantitative estimate of drug-likeness (QED) is 0.710. The lowest BCUT2D eigenvalue weighted by Gasteiger charge is -2.16. The van der Waals surface area contributed by atoms with Gasteiger partial charge >= 0.3 is 6.18 Å². The number of benzene rings is 1. The van der Waals surface area contributed by atoms with Gasteiger partial charge in [0, 0.05) is 18.3 Å². The smallest absolute Gasteiger partial charge is 0.416 e. The molecule has 0 bridgehead atoms. The molecular weight excluding hydrogens is 237 g/mol. The molecule has 0 spiro atoms. The molecule has 0 radical (unpaired) electrons. The summed E-state index contributed by atoms with van der Waals surface area (Å²) in [5.74, 6) is 0.358. The van der Waals surface area contributed by atoms with Gasteiger partial charge in [0.05, 0.1) is 12.8 Å². The first-order valence-corrected chi connectivity index (χ1v) is 4.76. The number of ether oxygens (including phenoxy) is 1. The number of rotatable bonds is 4. The average Bonchev–Trinajstić information content (AvgIpc) is 2.26. The van der Waals surface area contributed by atoms with E-state index in [-0.39, 0.29) is 0 Å². The molecular formula is C10H13F3N2O2. The van der Waals surface area contributed by atoms with Gasteiger partial charge in [0.25, 0.3) is 0 Å². The number of aliphatic hydroxyl groups is 1. The van der Waals surface area contributed by atoms with Crippen LogP contribution >= 0.6 is 0 Å². The van der Waals surface area contributed by atoms with Crippen molar-refractivity contribution in [1.82, 2.24) is 0 Å². The van der Waals surface area contributed by atoms with Gasteiger partial charge in [-0.1, -0.05) is 0 Å². The van der Waals surface area contributed by atoms with Gasteiger partial charge in [-0.25, -0.2) is 0 Å². The summed E-state index contributed by atoms with van der Waals surface area (Å²) in [6.45, 7) is -0.628. The van der Waals surface area contributed by atoms with Crippen molar-refractivity contribution in [2.24, 2.45) is 0 Å². The number of hydrogen-bond acceptors (Lipinski definition) is 4. The molecule has 1 aromatic carbocycles. The van der Waals surface area contributed by atoms with Gasteiger partial charge in [0.2, 0.25) is 0 Å². The summed E-state index contributed by atoms with van der Waals surface area (Å²) in [4.78, 5) is 0. The summed E-state index contributed by atoms with van der Waals surface area (Å²) >= 11 is 0. The van der Waals surface area contributed by atoms with Crippen molar-refractivity contribution in [3.8, 4) is 5.75 Å². The molecule has 1 aromatic rings. The first-order valence-electron chi connectivity index (χ1n) is 4.76. The minimum Gasteiger partial charge on any atom is -0.495 e. The third-order valence-corrected chi connectivity index (χ3v) is 2.11. The molecule has 0 aromatic heterocycles. The largest absolute Gasteiger partial charge is 0.495 e. The van der Waals surface area contributed by atoms with Crippen LogP contribution in [0.2, 0.25) is 0 Å². The monoisotopic (exact) mass is 250 g/mol. The van der Waals surface area contributed by atoms with Gasteiger partial charge < -0.3 is 20.9 Å². The Labute approximate surface area is 96.2 Å². The van der Waals surface area contributed by atoms with Crippen molar-refractivity contribution in [2.45, 2.75) is 12.3 Å². The fourth-order valence-corrected chi connectivity index (χ4v) is 1.15. The maximum Gasteiger partial charge on any atom is 0.416 e. The summed E-state index contributed by atoms with van der Waals surface area (Å²) in [6, 6.07) is 4.46. The highest BCUT2D eigenvalue weighted by molar-refractivity contribution is 5.61. The molecule has 7 heteroatoms. The van der Waals surface area contributed by atoms with Gasteiger partial charge in [-0.15, -0.1) is 0 Å². The van der Waals surface area contributed by atoms with E-state index in [0.29, 0.717) is 17.1 Å². The van der Waals surface area contributed by atoms with E-state index in [4.69, 9.17) is 15.6 Å². The molecule has 1 unspecified atom stereocenters. The lowest BCUT2D eigenvalue weighted by molar-refractivity contribution is -0.198. The van der Waals surface area contributed by atoms with E-state index >= 15 is 0 Å². The fourth-order valence-electron chi connectivity index (χ4n) is 1.15. The van der Waals surface area contributed by atoms with Crippen LogP contribution in [0.4, 0.5) is 24.5 Å². The van der Waals surface area contributed by atoms with Gasteiger partial charge in [0.1, 0.15) is 5.75 Å². The Morgan fingerprint density at radius 3 is 2.65 bits per heavy atom. The predicted octanol–water partition coefficient (Wildman–Crippen LogP) is 1.61. The van der Waals surface area contributed by atoms with Crippen LogP contribution in [0, 0.1) is 0 Å². The third kappa shape index (κ3) is 3.70. The number of hydrogen-bond donors (Lipinski definition) is 3. The molecule has 0 aliphatic rings. The van der Waals surface area contributed by atoms with Gasteiger partial charge in [-0.05, 0) is 12.1 Å². The van der Waals surface area contributed by atoms with E-state index in [2.05, 4.69) is 5.32 Å². The standard InChI is InChI=1S/C10H13F3N2O2/c1-17-8-4-6(2-3-7(8)14)15-5-9(16)10(11,12)13/h2-4,9,15-16H,5,14H2,1H3. The summed E-state index contributed by atoms with van der Waals surface area (Å²) < 4.78 is 41.0. The maximum absolute atomic E-state index is 12.0. The van der Waals surface area contributed by atoms with Crippen LogP contribution in [-0.4, -0.2) is 31.0 Å². The zero-order valence-electron chi connectivity index (χ0n) is 9.08. The lowest BCUT2D eigenvalue weighted by atomic mass is 10.2. The minimum absolute atomic E-state index is 0.358. The highest BCUT2D eigenvalue weighted by Gasteiger charge is 2.37. The Morgan fingerprint density at radius 2 is 2.12 bits per heavy atom. The molecule has 4 nitrogen and oxygen atoms in total. The van der Waals surface area contributed by atoms with E-state index in [1.165, 1.54) is 25.3 Å². The van der Waals surface area contributed by atoms with E-state index in [1.54, 1.807) is 0 Å². The zero-order chi connectivity index (χ0) is 13.1. The summed E-state index contributed by atoms with van der Waals surface area (Å²) in [6.07, 6.45) is -7.05. The molecule has 0 aliphatic carbocycles. The summed E-state index contributed by atoms with van der Waals surface area (Å²) in [7, 11) is 1.40. The van der Waals surface area contributed by atoms with Crippen molar-refractivity contribution in [2.75, 3.05) is 24.7 Å². The summed E-state index contributed by atoms with van der Waals surface area (Å²) in [5.41, 5.74) is 6.32. The molecule has 1 atom stereocenters. The second-order valence-corrected chi connectivity index (χ2v) is 3.40. The van der Waals surface area contributed by atoms with Crippen molar-refractivity contribution < 1.29 is 23.0 Å². The topological polar surface area (TPSA) is 67.5 Å². The number of alkyl halides is 3. The van der Waals surface area contributed by atoms with Crippen LogP contribution in [0.3, 0.4) is 0 Å². The molecule has 0 amide bonds. The number of methoxy groups -OCH3 is 1. The summed E-state index contributed by atoms with van der Waals surface area (Å²) in [5, 5.41) is 11.2. The van der Waals surface area contributed by atoms with E-state index in [9.17, 15) is 13.2 Å². The van der Waals surface area contributed by atoms with E-state index in [0.717, 1.165) is 0 Å². The Bertz CT molecular complexity index is 382. The number of nitrogens with one attached hydrogen (secondary N) is 1. The molecule has 96 valence electrons. The molecule has 0 saturated heterocycles. The Balaban J connectivity index is 2.64. The Morgan fingerprint density at radius 1 is 1.47 bits per heavy atom. The second-order valence-electron chi connectivity index (χ2n) is 3.40. The number of anilines is 2. The van der Waals surface area contributed by atoms with Gasteiger partial charge in [-0.3, -0.25) is 0 Å². The van der Waals surface area contributed by atoms with Crippen molar-refractivity contribution in [3.63, 3.8) is 0 Å². The molecule has 1 rings (SSSR count). The van der Waals surface area contributed by atoms with Crippen LogP contribution in [0.15, 0.2) is 18.2 Å². The predicted molar refractivity (Wildman–Crippen MR) is 58.0 cm³/mol. The average molecular weight is 250 g/mol. The molecule has 0 aliphatic heterocycles. The number of nitrogen functional groups attached to an aromatic ring is 1. The lowest BCUT2D eigenvalue weighted by Crippen LogP contribution is -2.34. The van der Waals surface area contributed by atoms with Crippen molar-refractivity contribution >= 4 is 11.4 Å². The minimum atomic E-state index is -4.63. The van der Waals surface area contributed by atoms with Crippen molar-refractivity contribution in [3.05, 3.63) is 18.2 Å². The van der Waals surface area contributed by atoms with Crippen LogP contribution in [0.1, 0.15) is 0 Å². The van der Waals surface area contributed by atoms with Crippen LogP contribution in [0.25, 0.3) is 0 Å². The highest BCUT2D eigenvalue weighted by atomic mass is 19.4. The third-order valence-electron chi connectivity index (χ3n) is 2.11. The molecule has 17 heavy (non-hydrogen) atoms. The molecule has 0 fully saturated rings. The van der Waals surface area contributed by atoms with E-state index in [1.807, 2.05) is 0 Å². The Hall–Kier alpha value is -1.63. The number of halogens is 3. The fraction of sp³-hybridized carbons (Fsp3) is 0.400. The SMILES string of the molecule is COc1cc(NCC(O)C(F)(F)F)ccc1N. The van der Waals surface area contributed by atoms with Crippen LogP contribution in [0.5, 0.6) is 5.75 Å². The van der Waals surface area contributed by atoms with Crippen molar-refractivity contribution in [1.29, 1.82) is 0 Å². The van der Waals surface area contributed by atoms with Gasteiger partial charge in [0.15, 0.2) is 6.10 Å². The normalized spacial score (nSPS) is 13.2. The second kappa shape index (κ2) is 5.13.